The highest BCUT2D eigenvalue weighted by molar-refractivity contribution is 5.49. The van der Waals surface area contributed by atoms with E-state index < -0.39 is 0 Å². The van der Waals surface area contributed by atoms with E-state index in [2.05, 4.69) is 55.5 Å². The average Bonchev–Trinajstić information content (AvgIpc) is 2.63. The molecule has 3 rings (SSSR count). The maximum atomic E-state index is 10.4. The van der Waals surface area contributed by atoms with Gasteiger partial charge in [-0.1, -0.05) is 79.7 Å². The van der Waals surface area contributed by atoms with Crippen LogP contribution < -0.4 is 0 Å². The topological polar surface area (TPSA) is 29.5 Å². The normalized spacial score (nSPS) is 27.4. The van der Waals surface area contributed by atoms with E-state index in [-0.39, 0.29) is 24.2 Å². The second-order valence-corrected chi connectivity index (χ2v) is 6.68. The molecule has 126 valence electrons. The first-order valence-corrected chi connectivity index (χ1v) is 8.83. The fraction of sp³-hybridized carbons (Fsp3) is 0.364. The zero-order chi connectivity index (χ0) is 16.8. The van der Waals surface area contributed by atoms with Crippen LogP contribution in [-0.4, -0.2) is 23.4 Å². The van der Waals surface area contributed by atoms with Crippen molar-refractivity contribution in [3.05, 3.63) is 77.9 Å². The first-order chi connectivity index (χ1) is 11.7. The van der Waals surface area contributed by atoms with Crippen LogP contribution in [0.1, 0.15) is 30.9 Å². The Bertz CT molecular complexity index is 636. The molecule has 0 bridgehead atoms. The molecule has 0 radical (unpaired) electrons. The van der Waals surface area contributed by atoms with Gasteiger partial charge in [0.25, 0.3) is 0 Å². The van der Waals surface area contributed by atoms with E-state index in [4.69, 9.17) is 4.74 Å². The Balaban J connectivity index is 1.60. The largest absolute Gasteiger partial charge is 0.393 e. The predicted octanol–water partition coefficient (Wildman–Crippen LogP) is 4.49. The highest BCUT2D eigenvalue weighted by atomic mass is 16.5. The molecule has 0 aromatic heterocycles. The number of benzene rings is 2. The summed E-state index contributed by atoms with van der Waals surface area (Å²) in [6.07, 6.45) is 6.63. The van der Waals surface area contributed by atoms with E-state index >= 15 is 0 Å². The van der Waals surface area contributed by atoms with E-state index in [0.717, 1.165) is 24.8 Å². The zero-order valence-corrected chi connectivity index (χ0v) is 14.2. The van der Waals surface area contributed by atoms with E-state index in [1.54, 1.807) is 0 Å². The highest BCUT2D eigenvalue weighted by Gasteiger charge is 2.33. The molecule has 1 saturated heterocycles. The third-order valence-electron chi connectivity index (χ3n) is 4.85. The summed E-state index contributed by atoms with van der Waals surface area (Å²) in [4.78, 5) is 0. The number of ether oxygens (including phenoxy) is 1. The maximum Gasteiger partial charge on any atom is 0.0813 e. The fourth-order valence-corrected chi connectivity index (χ4v) is 3.25. The van der Waals surface area contributed by atoms with Crippen LogP contribution in [-0.2, 0) is 11.2 Å². The van der Waals surface area contributed by atoms with Crippen LogP contribution in [0.3, 0.4) is 0 Å². The molecule has 2 aromatic carbocycles. The molecule has 0 spiro atoms. The van der Waals surface area contributed by atoms with Crippen molar-refractivity contribution in [3.8, 4) is 0 Å². The van der Waals surface area contributed by atoms with Crippen molar-refractivity contribution in [3.63, 3.8) is 0 Å². The first kappa shape index (κ1) is 16.9. The molecule has 24 heavy (non-hydrogen) atoms. The molecule has 1 aliphatic heterocycles. The minimum absolute atomic E-state index is 0.0327. The summed E-state index contributed by atoms with van der Waals surface area (Å²) in [6.45, 7) is 2.07. The molecule has 4 atom stereocenters. The Morgan fingerprint density at radius 2 is 1.71 bits per heavy atom. The van der Waals surface area contributed by atoms with Gasteiger partial charge in [-0.3, -0.25) is 0 Å². The average molecular weight is 322 g/mol. The third kappa shape index (κ3) is 4.56. The lowest BCUT2D eigenvalue weighted by atomic mass is 9.88. The van der Waals surface area contributed by atoms with Crippen molar-refractivity contribution in [2.24, 2.45) is 5.92 Å². The molecule has 2 heteroatoms. The first-order valence-electron chi connectivity index (χ1n) is 8.83. The summed E-state index contributed by atoms with van der Waals surface area (Å²) in [5.74, 6) is 0.123. The van der Waals surface area contributed by atoms with Crippen molar-refractivity contribution in [1.29, 1.82) is 0 Å². The van der Waals surface area contributed by atoms with Crippen molar-refractivity contribution >= 4 is 6.08 Å². The molecular weight excluding hydrogens is 296 g/mol. The Kier molecular flexibility index (Phi) is 5.84. The number of aliphatic hydroxyl groups is 1. The molecule has 2 nitrogen and oxygen atoms in total. The van der Waals surface area contributed by atoms with E-state index in [1.165, 1.54) is 5.56 Å². The Morgan fingerprint density at radius 1 is 1.04 bits per heavy atom. The third-order valence-corrected chi connectivity index (χ3v) is 4.85. The van der Waals surface area contributed by atoms with E-state index in [1.807, 2.05) is 24.3 Å². The Morgan fingerprint density at radius 3 is 2.42 bits per heavy atom. The van der Waals surface area contributed by atoms with Gasteiger partial charge in [0, 0.05) is 5.92 Å². The molecule has 1 N–H and O–H groups in total. The summed E-state index contributed by atoms with van der Waals surface area (Å²) >= 11 is 0. The lowest BCUT2D eigenvalue weighted by molar-refractivity contribution is -0.112. The molecule has 0 saturated carbocycles. The maximum absolute atomic E-state index is 10.4. The van der Waals surface area contributed by atoms with Crippen LogP contribution >= 0.6 is 0 Å². The SMILES string of the molecule is C[C@H]1[C@H](/C=C/c2ccccc2)O[C@H](CCc2ccccc2)C[C@@H]1O. The summed E-state index contributed by atoms with van der Waals surface area (Å²) < 4.78 is 6.27. The Hall–Kier alpha value is -1.90. The quantitative estimate of drug-likeness (QED) is 0.879. The second-order valence-electron chi connectivity index (χ2n) is 6.68. The molecule has 1 fully saturated rings. The number of aliphatic hydroxyl groups excluding tert-OH is 1. The molecule has 0 amide bonds. The predicted molar refractivity (Wildman–Crippen MR) is 98.7 cm³/mol. The van der Waals surface area contributed by atoms with Crippen LogP contribution in [0.5, 0.6) is 0 Å². The molecule has 0 unspecified atom stereocenters. The standard InChI is InChI=1S/C22H26O2/c1-17-21(23)16-20(14-12-18-8-4-2-5-9-18)24-22(17)15-13-19-10-6-3-7-11-19/h2-11,13,15,17,20-23H,12,14,16H2,1H3/b15-13+/t17-,20-,21+,22+/m1/s1. The summed E-state index contributed by atoms with van der Waals surface area (Å²) in [5.41, 5.74) is 2.49. The number of aryl methyl sites for hydroxylation is 1. The number of hydrogen-bond donors (Lipinski definition) is 1. The van der Waals surface area contributed by atoms with Gasteiger partial charge in [-0.05, 0) is 30.4 Å². The van der Waals surface area contributed by atoms with Crippen molar-refractivity contribution in [1.82, 2.24) is 0 Å². The van der Waals surface area contributed by atoms with Gasteiger partial charge < -0.3 is 9.84 Å². The lowest BCUT2D eigenvalue weighted by Gasteiger charge is -2.37. The number of rotatable bonds is 5. The van der Waals surface area contributed by atoms with Crippen LogP contribution in [0.2, 0.25) is 0 Å². The van der Waals surface area contributed by atoms with Gasteiger partial charge in [0.05, 0.1) is 18.3 Å². The summed E-state index contributed by atoms with van der Waals surface area (Å²) in [7, 11) is 0. The van der Waals surface area contributed by atoms with E-state index in [0.29, 0.717) is 0 Å². The van der Waals surface area contributed by atoms with Crippen LogP contribution in [0.4, 0.5) is 0 Å². The van der Waals surface area contributed by atoms with Crippen molar-refractivity contribution < 1.29 is 9.84 Å². The van der Waals surface area contributed by atoms with Gasteiger partial charge in [0.2, 0.25) is 0 Å². The smallest absolute Gasteiger partial charge is 0.0813 e. The van der Waals surface area contributed by atoms with Crippen molar-refractivity contribution in [2.45, 2.75) is 44.5 Å². The van der Waals surface area contributed by atoms with Gasteiger partial charge in [-0.15, -0.1) is 0 Å². The second kappa shape index (κ2) is 8.27. The van der Waals surface area contributed by atoms with Gasteiger partial charge in [0.1, 0.15) is 0 Å². The van der Waals surface area contributed by atoms with Gasteiger partial charge in [0.15, 0.2) is 0 Å². The van der Waals surface area contributed by atoms with Crippen molar-refractivity contribution in [2.75, 3.05) is 0 Å². The van der Waals surface area contributed by atoms with Gasteiger partial charge >= 0.3 is 0 Å². The Labute approximate surface area is 144 Å². The molecule has 1 aliphatic rings. The zero-order valence-electron chi connectivity index (χ0n) is 14.2. The van der Waals surface area contributed by atoms with Crippen LogP contribution in [0, 0.1) is 5.92 Å². The van der Waals surface area contributed by atoms with E-state index in [9.17, 15) is 5.11 Å². The highest BCUT2D eigenvalue weighted by Crippen LogP contribution is 2.29. The van der Waals surface area contributed by atoms with Gasteiger partial charge in [-0.2, -0.15) is 0 Å². The summed E-state index contributed by atoms with van der Waals surface area (Å²) in [5, 5.41) is 10.4. The summed E-state index contributed by atoms with van der Waals surface area (Å²) in [6, 6.07) is 20.7. The minimum Gasteiger partial charge on any atom is -0.393 e. The molecular formula is C22H26O2. The number of hydrogen-bond acceptors (Lipinski definition) is 2. The molecule has 1 heterocycles. The van der Waals surface area contributed by atoms with Crippen LogP contribution in [0.25, 0.3) is 6.08 Å². The van der Waals surface area contributed by atoms with Gasteiger partial charge in [-0.25, -0.2) is 0 Å². The monoisotopic (exact) mass is 322 g/mol. The molecule has 2 aromatic rings. The molecule has 0 aliphatic carbocycles. The minimum atomic E-state index is -0.301. The fourth-order valence-electron chi connectivity index (χ4n) is 3.25. The lowest BCUT2D eigenvalue weighted by Crippen LogP contribution is -2.42. The van der Waals surface area contributed by atoms with Crippen LogP contribution in [0.15, 0.2) is 66.7 Å².